The van der Waals surface area contributed by atoms with Gasteiger partial charge in [-0.15, -0.1) is 0 Å². The molecule has 2 heteroatoms. The normalized spacial score (nSPS) is 13.6. The molecule has 0 saturated carbocycles. The number of hydrogen-bond acceptors (Lipinski definition) is 1. The summed E-state index contributed by atoms with van der Waals surface area (Å²) in [6.45, 7) is 4.02. The third-order valence-corrected chi connectivity index (χ3v) is 1.42. The van der Waals surface area contributed by atoms with Gasteiger partial charge < -0.3 is 5.11 Å². The number of rotatable bonds is 5. The maximum atomic E-state index is 10.2. The molecule has 0 spiro atoms. The number of aliphatic carboxylic acids is 1. The molecule has 1 N–H and O–H groups in total. The Morgan fingerprint density at radius 2 is 2.27 bits per heavy atom. The Bertz CT molecular complexity index is 138. The van der Waals surface area contributed by atoms with Gasteiger partial charge in [0.15, 0.2) is 0 Å². The molecule has 0 aromatic heterocycles. The lowest BCUT2D eigenvalue weighted by atomic mass is 10.1. The monoisotopic (exact) mass is 156 g/mol. The Labute approximate surface area is 67.9 Å². The van der Waals surface area contributed by atoms with Gasteiger partial charge in [0.25, 0.3) is 0 Å². The van der Waals surface area contributed by atoms with E-state index in [1.807, 2.05) is 19.1 Å². The second kappa shape index (κ2) is 5.96. The summed E-state index contributed by atoms with van der Waals surface area (Å²) < 4.78 is 0. The fourth-order valence-electron chi connectivity index (χ4n) is 0.839. The summed E-state index contributed by atoms with van der Waals surface area (Å²) in [6, 6.07) is 0. The van der Waals surface area contributed by atoms with Crippen molar-refractivity contribution < 1.29 is 9.90 Å². The van der Waals surface area contributed by atoms with Crippen molar-refractivity contribution in [3.05, 3.63) is 12.2 Å². The highest BCUT2D eigenvalue weighted by Crippen LogP contribution is 2.04. The maximum absolute atomic E-state index is 10.2. The highest BCUT2D eigenvalue weighted by atomic mass is 16.4. The lowest BCUT2D eigenvalue weighted by molar-refractivity contribution is -0.137. The minimum atomic E-state index is -0.723. The van der Waals surface area contributed by atoms with E-state index >= 15 is 0 Å². The van der Waals surface area contributed by atoms with E-state index in [2.05, 4.69) is 6.92 Å². The summed E-state index contributed by atoms with van der Waals surface area (Å²) in [5.74, 6) is -0.558. The first-order valence-corrected chi connectivity index (χ1v) is 4.05. The summed E-state index contributed by atoms with van der Waals surface area (Å²) in [5, 5.41) is 8.41. The molecule has 1 atom stereocenters. The lowest BCUT2D eigenvalue weighted by Gasteiger charge is -1.99. The standard InChI is InChI=1S/C9H16O2/c1-3-4-5-6-8(2)7-9(10)11/h5-6,8H,3-4,7H2,1-2H3,(H,10,11)/b6-5+. The van der Waals surface area contributed by atoms with Crippen LogP contribution in [0.1, 0.15) is 33.1 Å². The highest BCUT2D eigenvalue weighted by molar-refractivity contribution is 5.67. The Morgan fingerprint density at radius 1 is 1.64 bits per heavy atom. The van der Waals surface area contributed by atoms with Crippen LogP contribution in [0.3, 0.4) is 0 Å². The molecule has 0 amide bonds. The van der Waals surface area contributed by atoms with Crippen molar-refractivity contribution in [1.29, 1.82) is 0 Å². The molecule has 0 aliphatic carbocycles. The average molecular weight is 156 g/mol. The molecule has 0 rings (SSSR count). The zero-order valence-corrected chi connectivity index (χ0v) is 7.21. The third kappa shape index (κ3) is 7.10. The van der Waals surface area contributed by atoms with Crippen LogP contribution in [-0.4, -0.2) is 11.1 Å². The van der Waals surface area contributed by atoms with Gasteiger partial charge in [-0.2, -0.15) is 0 Å². The van der Waals surface area contributed by atoms with Gasteiger partial charge in [0.2, 0.25) is 0 Å². The van der Waals surface area contributed by atoms with Gasteiger partial charge in [0.1, 0.15) is 0 Å². The second-order valence-electron chi connectivity index (χ2n) is 2.79. The van der Waals surface area contributed by atoms with Gasteiger partial charge in [-0.05, 0) is 12.3 Å². The molecule has 0 saturated heterocycles. The maximum Gasteiger partial charge on any atom is 0.303 e. The molecule has 0 aromatic carbocycles. The lowest BCUT2D eigenvalue weighted by Crippen LogP contribution is -2.00. The molecule has 1 unspecified atom stereocenters. The van der Waals surface area contributed by atoms with E-state index < -0.39 is 5.97 Å². The largest absolute Gasteiger partial charge is 0.481 e. The summed E-state index contributed by atoms with van der Waals surface area (Å²) >= 11 is 0. The number of carboxylic acids is 1. The van der Waals surface area contributed by atoms with Crippen LogP contribution < -0.4 is 0 Å². The third-order valence-electron chi connectivity index (χ3n) is 1.42. The fourth-order valence-corrected chi connectivity index (χ4v) is 0.839. The van der Waals surface area contributed by atoms with Crippen molar-refractivity contribution in [3.8, 4) is 0 Å². The smallest absolute Gasteiger partial charge is 0.303 e. The van der Waals surface area contributed by atoms with E-state index in [1.54, 1.807) is 0 Å². The predicted octanol–water partition coefficient (Wildman–Crippen LogP) is 2.45. The van der Waals surface area contributed by atoms with Crippen LogP contribution in [0.25, 0.3) is 0 Å². The number of carbonyl (C=O) groups is 1. The molecule has 0 radical (unpaired) electrons. The van der Waals surface area contributed by atoms with Crippen LogP contribution in [0, 0.1) is 5.92 Å². The van der Waals surface area contributed by atoms with Gasteiger partial charge in [-0.1, -0.05) is 32.4 Å². The Kier molecular flexibility index (Phi) is 5.53. The molecule has 0 aliphatic heterocycles. The number of carboxylic acid groups (broad SMARTS) is 1. The van der Waals surface area contributed by atoms with Crippen molar-refractivity contribution in [2.24, 2.45) is 5.92 Å². The van der Waals surface area contributed by atoms with Gasteiger partial charge in [-0.3, -0.25) is 4.79 Å². The zero-order chi connectivity index (χ0) is 8.69. The van der Waals surface area contributed by atoms with Crippen molar-refractivity contribution in [2.75, 3.05) is 0 Å². The highest BCUT2D eigenvalue weighted by Gasteiger charge is 2.01. The molecule has 0 aliphatic rings. The van der Waals surface area contributed by atoms with Crippen molar-refractivity contribution >= 4 is 5.97 Å². The summed E-state index contributed by atoms with van der Waals surface area (Å²) in [6.07, 6.45) is 6.42. The molecule has 0 aromatic rings. The van der Waals surface area contributed by atoms with E-state index in [0.29, 0.717) is 0 Å². The minimum Gasteiger partial charge on any atom is -0.481 e. The van der Waals surface area contributed by atoms with Crippen LogP contribution in [0.5, 0.6) is 0 Å². The fraction of sp³-hybridized carbons (Fsp3) is 0.667. The summed E-state index contributed by atoms with van der Waals surface area (Å²) in [7, 11) is 0. The topological polar surface area (TPSA) is 37.3 Å². The number of hydrogen-bond donors (Lipinski definition) is 1. The zero-order valence-electron chi connectivity index (χ0n) is 7.21. The van der Waals surface area contributed by atoms with Gasteiger partial charge >= 0.3 is 5.97 Å². The predicted molar refractivity (Wildman–Crippen MR) is 45.5 cm³/mol. The number of unbranched alkanes of at least 4 members (excludes halogenated alkanes) is 1. The van der Waals surface area contributed by atoms with Crippen LogP contribution in [0.4, 0.5) is 0 Å². The molecule has 64 valence electrons. The molecule has 0 bridgehead atoms. The van der Waals surface area contributed by atoms with Crippen LogP contribution in [-0.2, 0) is 4.79 Å². The quantitative estimate of drug-likeness (QED) is 0.621. The van der Waals surface area contributed by atoms with E-state index in [4.69, 9.17) is 5.11 Å². The Morgan fingerprint density at radius 3 is 2.73 bits per heavy atom. The van der Waals surface area contributed by atoms with Gasteiger partial charge in [0.05, 0.1) is 6.42 Å². The average Bonchev–Trinajstić information content (AvgIpc) is 1.86. The Balaban J connectivity index is 3.50. The molecule has 0 heterocycles. The van der Waals surface area contributed by atoms with E-state index in [-0.39, 0.29) is 12.3 Å². The first-order valence-electron chi connectivity index (χ1n) is 4.05. The van der Waals surface area contributed by atoms with Gasteiger partial charge in [-0.25, -0.2) is 0 Å². The first-order chi connectivity index (χ1) is 5.16. The molecule has 0 fully saturated rings. The molecular weight excluding hydrogens is 140 g/mol. The van der Waals surface area contributed by atoms with E-state index in [9.17, 15) is 4.79 Å². The van der Waals surface area contributed by atoms with Crippen molar-refractivity contribution in [3.63, 3.8) is 0 Å². The minimum absolute atomic E-state index is 0.166. The van der Waals surface area contributed by atoms with Crippen LogP contribution in [0.15, 0.2) is 12.2 Å². The van der Waals surface area contributed by atoms with Crippen molar-refractivity contribution in [2.45, 2.75) is 33.1 Å². The van der Waals surface area contributed by atoms with Gasteiger partial charge in [0, 0.05) is 0 Å². The van der Waals surface area contributed by atoms with Crippen molar-refractivity contribution in [1.82, 2.24) is 0 Å². The summed E-state index contributed by atoms with van der Waals surface area (Å²) in [5.41, 5.74) is 0. The van der Waals surface area contributed by atoms with Crippen LogP contribution >= 0.6 is 0 Å². The van der Waals surface area contributed by atoms with E-state index in [1.165, 1.54) is 0 Å². The Hall–Kier alpha value is -0.790. The summed E-state index contributed by atoms with van der Waals surface area (Å²) in [4.78, 5) is 10.2. The number of allylic oxidation sites excluding steroid dienone is 2. The first kappa shape index (κ1) is 10.2. The molecule has 2 nitrogen and oxygen atoms in total. The molecular formula is C9H16O2. The second-order valence-corrected chi connectivity index (χ2v) is 2.79. The van der Waals surface area contributed by atoms with E-state index in [0.717, 1.165) is 12.8 Å². The van der Waals surface area contributed by atoms with Crippen LogP contribution in [0.2, 0.25) is 0 Å². The molecule has 11 heavy (non-hydrogen) atoms. The SMILES string of the molecule is CCC/C=C/C(C)CC(=O)O.